The average molecular weight is 190 g/mol. The molecule has 0 saturated heterocycles. The van der Waals surface area contributed by atoms with Crippen LogP contribution in [-0.2, 0) is 0 Å². The molecule has 1 heterocycles. The Kier molecular flexibility index (Phi) is 2.26. The highest BCUT2D eigenvalue weighted by Gasteiger charge is 2.38. The number of rotatable bonds is 2. The summed E-state index contributed by atoms with van der Waals surface area (Å²) in [6.07, 6.45) is 6.53. The highest BCUT2D eigenvalue weighted by atomic mass is 15.3. The highest BCUT2D eigenvalue weighted by molar-refractivity contribution is 5.12. The summed E-state index contributed by atoms with van der Waals surface area (Å²) in [5.74, 6) is 0. The Balaban J connectivity index is 2.12. The van der Waals surface area contributed by atoms with Crippen LogP contribution >= 0.6 is 0 Å². The molecule has 1 aromatic rings. The van der Waals surface area contributed by atoms with Crippen molar-refractivity contribution in [3.8, 4) is 6.07 Å². The van der Waals surface area contributed by atoms with Crippen molar-refractivity contribution in [2.75, 3.05) is 7.05 Å². The monoisotopic (exact) mass is 190 g/mol. The number of nitriles is 1. The maximum absolute atomic E-state index is 9.09. The van der Waals surface area contributed by atoms with Crippen molar-refractivity contribution in [1.29, 1.82) is 5.26 Å². The molecule has 2 unspecified atom stereocenters. The van der Waals surface area contributed by atoms with Crippen molar-refractivity contribution in [3.05, 3.63) is 18.5 Å². The predicted molar refractivity (Wildman–Crippen MR) is 52.5 cm³/mol. The third-order valence-electron chi connectivity index (χ3n) is 3.08. The van der Waals surface area contributed by atoms with E-state index in [0.717, 1.165) is 19.3 Å². The van der Waals surface area contributed by atoms with Gasteiger partial charge in [0.05, 0.1) is 12.1 Å². The molecule has 0 bridgehead atoms. The van der Waals surface area contributed by atoms with E-state index in [1.807, 2.05) is 24.0 Å². The summed E-state index contributed by atoms with van der Waals surface area (Å²) in [7, 11) is 1.86. The fourth-order valence-electron chi connectivity index (χ4n) is 2.13. The molecular formula is C10H14N4. The van der Waals surface area contributed by atoms with Gasteiger partial charge >= 0.3 is 0 Å². The van der Waals surface area contributed by atoms with Crippen molar-refractivity contribution < 1.29 is 0 Å². The van der Waals surface area contributed by atoms with Gasteiger partial charge in [-0.25, -0.2) is 0 Å². The number of hydrogen-bond acceptors (Lipinski definition) is 3. The van der Waals surface area contributed by atoms with Crippen LogP contribution in [0.25, 0.3) is 0 Å². The summed E-state index contributed by atoms with van der Waals surface area (Å²) in [6, 6.07) is 4.66. The van der Waals surface area contributed by atoms with Gasteiger partial charge in [0.1, 0.15) is 5.54 Å². The molecule has 0 aromatic carbocycles. The topological polar surface area (TPSA) is 53.6 Å². The lowest BCUT2D eigenvalue weighted by molar-refractivity contribution is 0.410. The zero-order chi connectivity index (χ0) is 10.0. The summed E-state index contributed by atoms with van der Waals surface area (Å²) in [6.45, 7) is 0. The molecule has 0 spiro atoms. The number of nitrogens with one attached hydrogen (secondary N) is 1. The molecule has 14 heavy (non-hydrogen) atoms. The lowest BCUT2D eigenvalue weighted by Gasteiger charge is -2.19. The second-order valence-corrected chi connectivity index (χ2v) is 3.83. The molecule has 1 saturated carbocycles. The summed E-state index contributed by atoms with van der Waals surface area (Å²) >= 11 is 0. The maximum atomic E-state index is 9.09. The van der Waals surface area contributed by atoms with Crippen molar-refractivity contribution >= 4 is 0 Å². The molecule has 1 aromatic heterocycles. The van der Waals surface area contributed by atoms with E-state index in [2.05, 4.69) is 16.5 Å². The van der Waals surface area contributed by atoms with Gasteiger partial charge in [-0.2, -0.15) is 10.4 Å². The zero-order valence-corrected chi connectivity index (χ0v) is 8.27. The van der Waals surface area contributed by atoms with Crippen LogP contribution in [0.1, 0.15) is 25.3 Å². The molecule has 4 heteroatoms. The third kappa shape index (κ3) is 1.40. The van der Waals surface area contributed by atoms with E-state index in [4.69, 9.17) is 5.26 Å². The van der Waals surface area contributed by atoms with Gasteiger partial charge in [0.25, 0.3) is 0 Å². The molecule has 2 atom stereocenters. The Bertz CT molecular complexity index is 338. The molecule has 0 amide bonds. The molecule has 1 N–H and O–H groups in total. The molecule has 1 aliphatic rings. The SMILES string of the molecule is CNC1(C#N)CCC(n2cccn2)C1. The number of hydrogen-bond donors (Lipinski definition) is 1. The fraction of sp³-hybridized carbons (Fsp3) is 0.600. The molecular weight excluding hydrogens is 176 g/mol. The van der Waals surface area contributed by atoms with Gasteiger partial charge in [-0.1, -0.05) is 0 Å². The van der Waals surface area contributed by atoms with Gasteiger partial charge in [-0.15, -0.1) is 0 Å². The van der Waals surface area contributed by atoms with E-state index in [-0.39, 0.29) is 5.54 Å². The van der Waals surface area contributed by atoms with Crippen LogP contribution in [0.3, 0.4) is 0 Å². The number of aromatic nitrogens is 2. The Morgan fingerprint density at radius 2 is 2.57 bits per heavy atom. The zero-order valence-electron chi connectivity index (χ0n) is 8.27. The second kappa shape index (κ2) is 3.43. The third-order valence-corrected chi connectivity index (χ3v) is 3.08. The fourth-order valence-corrected chi connectivity index (χ4v) is 2.13. The highest BCUT2D eigenvalue weighted by Crippen LogP contribution is 2.36. The lowest BCUT2D eigenvalue weighted by atomic mass is 10.0. The van der Waals surface area contributed by atoms with Gasteiger partial charge in [0.2, 0.25) is 0 Å². The smallest absolute Gasteiger partial charge is 0.108 e. The van der Waals surface area contributed by atoms with E-state index in [0.29, 0.717) is 6.04 Å². The van der Waals surface area contributed by atoms with Crippen LogP contribution in [0, 0.1) is 11.3 Å². The van der Waals surface area contributed by atoms with Crippen LogP contribution in [0.5, 0.6) is 0 Å². The van der Waals surface area contributed by atoms with Crippen molar-refractivity contribution in [2.45, 2.75) is 30.8 Å². The number of nitrogens with zero attached hydrogens (tertiary/aromatic N) is 3. The normalized spacial score (nSPS) is 31.6. The van der Waals surface area contributed by atoms with E-state index >= 15 is 0 Å². The first-order chi connectivity index (χ1) is 6.79. The maximum Gasteiger partial charge on any atom is 0.108 e. The van der Waals surface area contributed by atoms with Gasteiger partial charge in [-0.05, 0) is 26.0 Å². The van der Waals surface area contributed by atoms with E-state index in [1.54, 1.807) is 6.20 Å². The Morgan fingerprint density at radius 1 is 1.71 bits per heavy atom. The molecule has 4 nitrogen and oxygen atoms in total. The van der Waals surface area contributed by atoms with Crippen LogP contribution in [0.2, 0.25) is 0 Å². The molecule has 0 aliphatic heterocycles. The summed E-state index contributed by atoms with van der Waals surface area (Å²) in [4.78, 5) is 0. The molecule has 1 aliphatic carbocycles. The van der Waals surface area contributed by atoms with Gasteiger partial charge in [0.15, 0.2) is 0 Å². The molecule has 74 valence electrons. The average Bonchev–Trinajstić information content (AvgIpc) is 2.87. The van der Waals surface area contributed by atoms with Crippen LogP contribution in [0.15, 0.2) is 18.5 Å². The minimum Gasteiger partial charge on any atom is -0.302 e. The quantitative estimate of drug-likeness (QED) is 0.759. The van der Waals surface area contributed by atoms with E-state index in [1.165, 1.54) is 0 Å². The minimum atomic E-state index is -0.337. The summed E-state index contributed by atoms with van der Waals surface area (Å²) in [5, 5.41) is 16.4. The molecule has 0 radical (unpaired) electrons. The molecule has 2 rings (SSSR count). The Hall–Kier alpha value is -1.34. The standard InChI is InChI=1S/C10H14N4/c1-12-10(8-11)4-3-9(7-10)14-6-2-5-13-14/h2,5-6,9,12H,3-4,7H2,1H3. The second-order valence-electron chi connectivity index (χ2n) is 3.83. The van der Waals surface area contributed by atoms with Crippen LogP contribution < -0.4 is 5.32 Å². The molecule has 1 fully saturated rings. The Morgan fingerprint density at radius 3 is 3.07 bits per heavy atom. The first kappa shape index (κ1) is 9.22. The largest absolute Gasteiger partial charge is 0.302 e. The van der Waals surface area contributed by atoms with Gasteiger partial charge in [-0.3, -0.25) is 4.68 Å². The summed E-state index contributed by atoms with van der Waals surface area (Å²) in [5.41, 5.74) is -0.337. The van der Waals surface area contributed by atoms with Gasteiger partial charge < -0.3 is 5.32 Å². The first-order valence-corrected chi connectivity index (χ1v) is 4.89. The lowest BCUT2D eigenvalue weighted by Crippen LogP contribution is -2.38. The minimum absolute atomic E-state index is 0.337. The van der Waals surface area contributed by atoms with Gasteiger partial charge in [0, 0.05) is 18.8 Å². The van der Waals surface area contributed by atoms with Crippen molar-refractivity contribution in [1.82, 2.24) is 15.1 Å². The summed E-state index contributed by atoms with van der Waals surface area (Å²) < 4.78 is 1.95. The van der Waals surface area contributed by atoms with Crippen molar-refractivity contribution in [3.63, 3.8) is 0 Å². The Labute approximate surface area is 83.5 Å². The first-order valence-electron chi connectivity index (χ1n) is 4.89. The predicted octanol–water partition coefficient (Wildman–Crippen LogP) is 1.09. The van der Waals surface area contributed by atoms with Crippen molar-refractivity contribution in [2.24, 2.45) is 0 Å². The van der Waals surface area contributed by atoms with Crippen LogP contribution in [0.4, 0.5) is 0 Å². The van der Waals surface area contributed by atoms with E-state index < -0.39 is 0 Å². The van der Waals surface area contributed by atoms with E-state index in [9.17, 15) is 0 Å². The van der Waals surface area contributed by atoms with Crippen LogP contribution in [-0.4, -0.2) is 22.4 Å².